The molecule has 1 atom stereocenters. The average molecular weight is 153 g/mol. The molecule has 1 aliphatic rings. The van der Waals surface area contributed by atoms with E-state index in [0.29, 0.717) is 6.04 Å². The van der Waals surface area contributed by atoms with Crippen molar-refractivity contribution in [2.75, 3.05) is 6.54 Å². The molecule has 10 heavy (non-hydrogen) atoms. The van der Waals surface area contributed by atoms with Crippen LogP contribution >= 0.6 is 11.3 Å². The van der Waals surface area contributed by atoms with Crippen molar-refractivity contribution < 1.29 is 0 Å². The monoisotopic (exact) mass is 153 g/mol. The van der Waals surface area contributed by atoms with Gasteiger partial charge in [0.25, 0.3) is 0 Å². The highest BCUT2D eigenvalue weighted by Gasteiger charge is 2.15. The Labute approximate surface area is 65.1 Å². The third kappa shape index (κ3) is 1.09. The molecular weight excluding hydrogens is 142 g/mol. The predicted octanol–water partition coefficient (Wildman–Crippen LogP) is 2.17. The van der Waals surface area contributed by atoms with Gasteiger partial charge in [-0.25, -0.2) is 0 Å². The van der Waals surface area contributed by atoms with Crippen LogP contribution in [-0.4, -0.2) is 6.54 Å². The number of hydrogen-bond donors (Lipinski definition) is 1. The van der Waals surface area contributed by atoms with Gasteiger partial charge >= 0.3 is 0 Å². The maximum Gasteiger partial charge on any atom is 0.0415 e. The molecular formula is C8H11NS. The molecule has 1 aromatic heterocycles. The minimum Gasteiger partial charge on any atom is -0.309 e. The highest BCUT2D eigenvalue weighted by molar-refractivity contribution is 7.10. The lowest BCUT2D eigenvalue weighted by molar-refractivity contribution is 0.660. The van der Waals surface area contributed by atoms with Gasteiger partial charge in [0.1, 0.15) is 0 Å². The molecule has 1 nitrogen and oxygen atoms in total. The molecule has 0 aliphatic carbocycles. The molecule has 2 heterocycles. The van der Waals surface area contributed by atoms with E-state index in [-0.39, 0.29) is 0 Å². The molecule has 1 N–H and O–H groups in total. The molecule has 0 aromatic carbocycles. The molecule has 2 rings (SSSR count). The molecule has 1 saturated heterocycles. The minimum absolute atomic E-state index is 0.667. The Morgan fingerprint density at radius 1 is 1.60 bits per heavy atom. The highest BCUT2D eigenvalue weighted by Crippen LogP contribution is 2.26. The molecule has 1 aromatic rings. The molecule has 0 saturated carbocycles. The van der Waals surface area contributed by atoms with Crippen LogP contribution in [0.3, 0.4) is 0 Å². The van der Waals surface area contributed by atoms with E-state index in [2.05, 4.69) is 22.8 Å². The summed E-state index contributed by atoms with van der Waals surface area (Å²) >= 11 is 1.86. The molecule has 0 unspecified atom stereocenters. The Kier molecular flexibility index (Phi) is 1.74. The van der Waals surface area contributed by atoms with Crippen LogP contribution in [-0.2, 0) is 0 Å². The minimum atomic E-state index is 0.667. The Morgan fingerprint density at radius 3 is 3.20 bits per heavy atom. The molecule has 1 aliphatic heterocycles. The summed E-state index contributed by atoms with van der Waals surface area (Å²) in [6, 6.07) is 5.01. The first-order valence-electron chi connectivity index (χ1n) is 3.73. The molecule has 0 spiro atoms. The Bertz CT molecular complexity index is 187. The van der Waals surface area contributed by atoms with E-state index in [1.807, 2.05) is 11.3 Å². The molecule has 0 bridgehead atoms. The normalized spacial score (nSPS) is 25.4. The Morgan fingerprint density at radius 2 is 2.60 bits per heavy atom. The van der Waals surface area contributed by atoms with Gasteiger partial charge in [-0.05, 0) is 30.8 Å². The smallest absolute Gasteiger partial charge is 0.0415 e. The van der Waals surface area contributed by atoms with Gasteiger partial charge in [0.15, 0.2) is 0 Å². The lowest BCUT2D eigenvalue weighted by atomic mass is 10.2. The first-order valence-corrected chi connectivity index (χ1v) is 4.61. The third-order valence-corrected chi connectivity index (χ3v) is 2.93. The lowest BCUT2D eigenvalue weighted by Crippen LogP contribution is -2.11. The summed E-state index contributed by atoms with van der Waals surface area (Å²) in [5, 5.41) is 5.62. The maximum absolute atomic E-state index is 3.47. The van der Waals surface area contributed by atoms with Crippen LogP contribution in [0.2, 0.25) is 0 Å². The summed E-state index contributed by atoms with van der Waals surface area (Å²) in [5.41, 5.74) is 0. The van der Waals surface area contributed by atoms with Gasteiger partial charge < -0.3 is 5.32 Å². The third-order valence-electron chi connectivity index (χ3n) is 1.95. The first-order chi connectivity index (χ1) is 4.97. The van der Waals surface area contributed by atoms with E-state index in [1.54, 1.807) is 0 Å². The highest BCUT2D eigenvalue weighted by atomic mass is 32.1. The number of rotatable bonds is 1. The second-order valence-corrected chi connectivity index (χ2v) is 3.64. The summed E-state index contributed by atoms with van der Waals surface area (Å²) in [7, 11) is 0. The van der Waals surface area contributed by atoms with Crippen molar-refractivity contribution in [1.29, 1.82) is 0 Å². The van der Waals surface area contributed by atoms with Crippen molar-refractivity contribution in [2.24, 2.45) is 0 Å². The van der Waals surface area contributed by atoms with Crippen LogP contribution in [0.4, 0.5) is 0 Å². The molecule has 0 amide bonds. The van der Waals surface area contributed by atoms with Gasteiger partial charge in [-0.3, -0.25) is 0 Å². The number of nitrogens with one attached hydrogen (secondary N) is 1. The molecule has 2 heteroatoms. The van der Waals surface area contributed by atoms with Crippen LogP contribution in [0.15, 0.2) is 17.5 Å². The quantitative estimate of drug-likeness (QED) is 0.652. The van der Waals surface area contributed by atoms with Gasteiger partial charge in [-0.2, -0.15) is 0 Å². The van der Waals surface area contributed by atoms with Crippen LogP contribution in [0.5, 0.6) is 0 Å². The largest absolute Gasteiger partial charge is 0.309 e. The summed E-state index contributed by atoms with van der Waals surface area (Å²) in [6.07, 6.45) is 2.66. The maximum atomic E-state index is 3.47. The Balaban J connectivity index is 2.12. The fourth-order valence-corrected chi connectivity index (χ4v) is 2.25. The second kappa shape index (κ2) is 2.72. The van der Waals surface area contributed by atoms with E-state index >= 15 is 0 Å². The summed E-state index contributed by atoms with van der Waals surface area (Å²) in [6.45, 7) is 1.20. The fourth-order valence-electron chi connectivity index (χ4n) is 1.42. The molecule has 54 valence electrons. The van der Waals surface area contributed by atoms with Crippen molar-refractivity contribution in [3.63, 3.8) is 0 Å². The van der Waals surface area contributed by atoms with Crippen molar-refractivity contribution in [3.8, 4) is 0 Å². The van der Waals surface area contributed by atoms with Gasteiger partial charge in [0.2, 0.25) is 0 Å². The lowest BCUT2D eigenvalue weighted by Gasteiger charge is -2.04. The standard InChI is InChI=1S/C8H11NS/c1-3-7(9-5-1)8-4-2-6-10-8/h2,4,6-7,9H,1,3,5H2/t7-/m0/s1. The van der Waals surface area contributed by atoms with Gasteiger partial charge in [-0.15, -0.1) is 11.3 Å². The van der Waals surface area contributed by atoms with E-state index in [4.69, 9.17) is 0 Å². The van der Waals surface area contributed by atoms with Gasteiger partial charge in [0, 0.05) is 10.9 Å². The van der Waals surface area contributed by atoms with Gasteiger partial charge in [0.05, 0.1) is 0 Å². The van der Waals surface area contributed by atoms with Gasteiger partial charge in [-0.1, -0.05) is 6.07 Å². The van der Waals surface area contributed by atoms with E-state index in [0.717, 1.165) is 0 Å². The van der Waals surface area contributed by atoms with Crippen molar-refractivity contribution in [1.82, 2.24) is 5.32 Å². The van der Waals surface area contributed by atoms with E-state index in [9.17, 15) is 0 Å². The topological polar surface area (TPSA) is 12.0 Å². The predicted molar refractivity (Wildman–Crippen MR) is 44.3 cm³/mol. The Hall–Kier alpha value is -0.340. The molecule has 1 fully saturated rings. The van der Waals surface area contributed by atoms with Crippen LogP contribution < -0.4 is 5.32 Å². The average Bonchev–Trinajstić information content (AvgIpc) is 2.59. The number of hydrogen-bond acceptors (Lipinski definition) is 2. The van der Waals surface area contributed by atoms with Crippen LogP contribution in [0.1, 0.15) is 23.8 Å². The zero-order chi connectivity index (χ0) is 6.81. The van der Waals surface area contributed by atoms with Crippen molar-refractivity contribution in [3.05, 3.63) is 22.4 Å². The SMILES string of the molecule is c1csc([C@@H]2CCCN2)c1. The van der Waals surface area contributed by atoms with Crippen LogP contribution in [0, 0.1) is 0 Å². The van der Waals surface area contributed by atoms with Crippen molar-refractivity contribution in [2.45, 2.75) is 18.9 Å². The summed E-state index contributed by atoms with van der Waals surface area (Å²) in [5.74, 6) is 0. The second-order valence-electron chi connectivity index (χ2n) is 2.66. The van der Waals surface area contributed by atoms with Crippen molar-refractivity contribution >= 4 is 11.3 Å². The number of thiophene rings is 1. The van der Waals surface area contributed by atoms with E-state index < -0.39 is 0 Å². The van der Waals surface area contributed by atoms with Crippen LogP contribution in [0.25, 0.3) is 0 Å². The van der Waals surface area contributed by atoms with E-state index in [1.165, 1.54) is 24.3 Å². The zero-order valence-electron chi connectivity index (χ0n) is 5.84. The first kappa shape index (κ1) is 6.38. The summed E-state index contributed by atoms with van der Waals surface area (Å²) < 4.78 is 0. The molecule has 0 radical (unpaired) electrons. The zero-order valence-corrected chi connectivity index (χ0v) is 6.66. The fraction of sp³-hybridized carbons (Fsp3) is 0.500. The summed E-state index contributed by atoms with van der Waals surface area (Å²) in [4.78, 5) is 1.50.